The third-order valence-electron chi connectivity index (χ3n) is 2.83. The van der Waals surface area contributed by atoms with Gasteiger partial charge in [0.05, 0.1) is 5.38 Å². The van der Waals surface area contributed by atoms with Crippen molar-refractivity contribution in [2.45, 2.75) is 37.5 Å². The fourth-order valence-corrected chi connectivity index (χ4v) is 2.28. The van der Waals surface area contributed by atoms with Crippen molar-refractivity contribution in [1.29, 1.82) is 0 Å². The molecule has 1 atom stereocenters. The maximum atomic E-state index is 6.18. The zero-order valence-electron chi connectivity index (χ0n) is 8.99. The zero-order valence-corrected chi connectivity index (χ0v) is 9.74. The third kappa shape index (κ3) is 2.81. The van der Waals surface area contributed by atoms with Crippen molar-refractivity contribution in [2.24, 2.45) is 7.05 Å². The topological polar surface area (TPSA) is 30.7 Å². The Balaban J connectivity index is 2.07. The quantitative estimate of drug-likeness (QED) is 0.572. The largest absolute Gasteiger partial charge is 0.253 e. The van der Waals surface area contributed by atoms with Gasteiger partial charge in [0.15, 0.2) is 0 Å². The Morgan fingerprint density at radius 1 is 1.53 bits per heavy atom. The summed E-state index contributed by atoms with van der Waals surface area (Å²) in [6, 6.07) is 0. The van der Waals surface area contributed by atoms with Crippen molar-refractivity contribution in [1.82, 2.24) is 14.8 Å². The minimum absolute atomic E-state index is 0.204. The molecular weight excluding hydrogens is 210 g/mol. The molecule has 0 aliphatic heterocycles. The van der Waals surface area contributed by atoms with Crippen molar-refractivity contribution in [3.8, 4) is 0 Å². The van der Waals surface area contributed by atoms with Crippen LogP contribution in [-0.2, 0) is 13.5 Å². The highest BCUT2D eigenvalue weighted by Gasteiger charge is 2.11. The SMILES string of the molecule is Cn1ncnc1CC1=CC(Cl)CCCC1. The molecule has 82 valence electrons. The van der Waals surface area contributed by atoms with Gasteiger partial charge in [-0.25, -0.2) is 4.98 Å². The molecular formula is C11H16ClN3. The Bertz CT molecular complexity index is 356. The lowest BCUT2D eigenvalue weighted by atomic mass is 10.1. The number of rotatable bonds is 2. The number of aryl methyl sites for hydroxylation is 1. The molecule has 2 rings (SSSR count). The van der Waals surface area contributed by atoms with Crippen LogP contribution in [-0.4, -0.2) is 20.1 Å². The fraction of sp³-hybridized carbons (Fsp3) is 0.636. The summed E-state index contributed by atoms with van der Waals surface area (Å²) < 4.78 is 1.83. The number of hydrogen-bond acceptors (Lipinski definition) is 2. The monoisotopic (exact) mass is 225 g/mol. The van der Waals surface area contributed by atoms with E-state index in [2.05, 4.69) is 16.2 Å². The van der Waals surface area contributed by atoms with Gasteiger partial charge >= 0.3 is 0 Å². The lowest BCUT2D eigenvalue weighted by Crippen LogP contribution is -2.02. The van der Waals surface area contributed by atoms with E-state index in [-0.39, 0.29) is 5.38 Å². The van der Waals surface area contributed by atoms with Gasteiger partial charge in [0.1, 0.15) is 12.2 Å². The van der Waals surface area contributed by atoms with Crippen LogP contribution >= 0.6 is 11.6 Å². The summed E-state index contributed by atoms with van der Waals surface area (Å²) in [6.45, 7) is 0. The Morgan fingerprint density at radius 3 is 3.13 bits per heavy atom. The van der Waals surface area contributed by atoms with Crippen LogP contribution in [0.4, 0.5) is 0 Å². The number of nitrogens with zero attached hydrogens (tertiary/aromatic N) is 3. The van der Waals surface area contributed by atoms with Gasteiger partial charge in [-0.3, -0.25) is 4.68 Å². The van der Waals surface area contributed by atoms with Crippen molar-refractivity contribution < 1.29 is 0 Å². The average Bonchev–Trinajstić information content (AvgIpc) is 2.48. The molecule has 0 bridgehead atoms. The highest BCUT2D eigenvalue weighted by molar-refractivity contribution is 6.21. The fourth-order valence-electron chi connectivity index (χ4n) is 1.94. The molecule has 0 N–H and O–H groups in total. The summed E-state index contributed by atoms with van der Waals surface area (Å²) in [4.78, 5) is 4.23. The minimum atomic E-state index is 0.204. The van der Waals surface area contributed by atoms with Gasteiger partial charge in [0.2, 0.25) is 0 Å². The van der Waals surface area contributed by atoms with Gasteiger partial charge in [-0.05, 0) is 19.3 Å². The summed E-state index contributed by atoms with van der Waals surface area (Å²) >= 11 is 6.18. The molecule has 1 aromatic heterocycles. The second kappa shape index (κ2) is 4.79. The van der Waals surface area contributed by atoms with Crippen molar-refractivity contribution in [3.05, 3.63) is 23.8 Å². The number of allylic oxidation sites excluding steroid dienone is 2. The van der Waals surface area contributed by atoms with Crippen LogP contribution in [0.1, 0.15) is 31.5 Å². The molecule has 0 amide bonds. The zero-order chi connectivity index (χ0) is 10.7. The van der Waals surface area contributed by atoms with Gasteiger partial charge in [0.25, 0.3) is 0 Å². The van der Waals surface area contributed by atoms with E-state index in [4.69, 9.17) is 11.6 Å². The van der Waals surface area contributed by atoms with E-state index in [0.717, 1.165) is 25.1 Å². The molecule has 1 unspecified atom stereocenters. The molecule has 1 aliphatic rings. The standard InChI is InChI=1S/C11H16ClN3/c1-15-11(13-8-14-15)7-9-4-2-3-5-10(12)6-9/h6,8,10H,2-5,7H2,1H3. The maximum absolute atomic E-state index is 6.18. The second-order valence-corrected chi connectivity index (χ2v) is 4.62. The van der Waals surface area contributed by atoms with Crippen LogP contribution in [0.3, 0.4) is 0 Å². The van der Waals surface area contributed by atoms with Crippen LogP contribution in [0.25, 0.3) is 0 Å². The smallest absolute Gasteiger partial charge is 0.138 e. The van der Waals surface area contributed by atoms with Crippen LogP contribution < -0.4 is 0 Å². The predicted molar refractivity (Wildman–Crippen MR) is 60.9 cm³/mol. The lowest BCUT2D eigenvalue weighted by Gasteiger charge is -2.05. The highest BCUT2D eigenvalue weighted by Crippen LogP contribution is 2.22. The number of hydrogen-bond donors (Lipinski definition) is 0. The van der Waals surface area contributed by atoms with Crippen molar-refractivity contribution in [2.75, 3.05) is 0 Å². The van der Waals surface area contributed by atoms with E-state index in [0.29, 0.717) is 0 Å². The summed E-state index contributed by atoms with van der Waals surface area (Å²) in [5, 5.41) is 4.27. The molecule has 1 heterocycles. The van der Waals surface area contributed by atoms with Gasteiger partial charge < -0.3 is 0 Å². The van der Waals surface area contributed by atoms with E-state index in [1.54, 1.807) is 6.33 Å². The molecule has 0 fully saturated rings. The molecule has 0 saturated heterocycles. The summed E-state index contributed by atoms with van der Waals surface area (Å²) in [5.41, 5.74) is 1.41. The first-order chi connectivity index (χ1) is 7.25. The van der Waals surface area contributed by atoms with E-state index in [1.807, 2.05) is 11.7 Å². The van der Waals surface area contributed by atoms with E-state index >= 15 is 0 Å². The maximum Gasteiger partial charge on any atom is 0.138 e. The third-order valence-corrected chi connectivity index (χ3v) is 3.18. The van der Waals surface area contributed by atoms with E-state index in [9.17, 15) is 0 Å². The summed E-state index contributed by atoms with van der Waals surface area (Å²) in [5.74, 6) is 1.02. The van der Waals surface area contributed by atoms with Crippen LogP contribution in [0, 0.1) is 0 Å². The Morgan fingerprint density at radius 2 is 2.40 bits per heavy atom. The van der Waals surface area contributed by atoms with Crippen LogP contribution in [0.2, 0.25) is 0 Å². The number of alkyl halides is 1. The molecule has 0 saturated carbocycles. The number of aromatic nitrogens is 3. The normalized spacial score (nSPS) is 22.3. The predicted octanol–water partition coefficient (Wildman–Crippen LogP) is 2.47. The first-order valence-corrected chi connectivity index (χ1v) is 5.86. The van der Waals surface area contributed by atoms with Crippen molar-refractivity contribution in [3.63, 3.8) is 0 Å². The number of halogens is 1. The average molecular weight is 226 g/mol. The Labute approximate surface area is 95.2 Å². The first kappa shape index (κ1) is 10.7. The minimum Gasteiger partial charge on any atom is -0.253 e. The molecule has 0 spiro atoms. The molecule has 1 aromatic rings. The van der Waals surface area contributed by atoms with Crippen molar-refractivity contribution >= 4 is 11.6 Å². The Kier molecular flexibility index (Phi) is 3.41. The molecule has 0 aromatic carbocycles. The molecule has 1 aliphatic carbocycles. The molecule has 4 heteroatoms. The first-order valence-electron chi connectivity index (χ1n) is 5.42. The van der Waals surface area contributed by atoms with Crippen LogP contribution in [0.15, 0.2) is 18.0 Å². The lowest BCUT2D eigenvalue weighted by molar-refractivity contribution is 0.687. The van der Waals surface area contributed by atoms with Gasteiger partial charge in [-0.2, -0.15) is 5.10 Å². The summed E-state index contributed by atoms with van der Waals surface area (Å²) in [7, 11) is 1.93. The molecule has 3 nitrogen and oxygen atoms in total. The van der Waals surface area contributed by atoms with Gasteiger partial charge in [-0.1, -0.05) is 18.1 Å². The second-order valence-electron chi connectivity index (χ2n) is 4.06. The summed E-state index contributed by atoms with van der Waals surface area (Å²) in [6.07, 6.45) is 9.41. The van der Waals surface area contributed by atoms with E-state index in [1.165, 1.54) is 18.4 Å². The van der Waals surface area contributed by atoms with Gasteiger partial charge in [0, 0.05) is 13.5 Å². The Hall–Kier alpha value is -0.830. The highest BCUT2D eigenvalue weighted by atomic mass is 35.5. The van der Waals surface area contributed by atoms with Crippen LogP contribution in [0.5, 0.6) is 0 Å². The molecule has 0 radical (unpaired) electrons. The molecule has 15 heavy (non-hydrogen) atoms. The van der Waals surface area contributed by atoms with E-state index < -0.39 is 0 Å². The van der Waals surface area contributed by atoms with Gasteiger partial charge in [-0.15, -0.1) is 11.6 Å².